The van der Waals surface area contributed by atoms with Crippen LogP contribution < -0.4 is 4.90 Å². The Kier molecular flexibility index (Phi) is 6.18. The van der Waals surface area contributed by atoms with Crippen molar-refractivity contribution < 1.29 is 8.83 Å². The number of anilines is 3. The molecule has 0 atom stereocenters. The van der Waals surface area contributed by atoms with Gasteiger partial charge in [-0.1, -0.05) is 115 Å². The van der Waals surface area contributed by atoms with Crippen molar-refractivity contribution in [2.24, 2.45) is 0 Å². The summed E-state index contributed by atoms with van der Waals surface area (Å²) in [6.45, 7) is 0. The first kappa shape index (κ1) is 27.5. The summed E-state index contributed by atoms with van der Waals surface area (Å²) in [5, 5.41) is 6.78. The van der Waals surface area contributed by atoms with E-state index in [1.165, 1.54) is 21.9 Å². The van der Waals surface area contributed by atoms with Crippen LogP contribution in [-0.4, -0.2) is 0 Å². The molecule has 0 saturated heterocycles. The predicted octanol–water partition coefficient (Wildman–Crippen LogP) is 13.4. The highest BCUT2D eigenvalue weighted by molar-refractivity contribution is 6.23. The van der Waals surface area contributed by atoms with E-state index in [1.54, 1.807) is 0 Å². The van der Waals surface area contributed by atoms with E-state index >= 15 is 0 Å². The summed E-state index contributed by atoms with van der Waals surface area (Å²) in [5.74, 6) is 0. The Labute approximate surface area is 282 Å². The van der Waals surface area contributed by atoms with Gasteiger partial charge in [-0.05, 0) is 88.1 Å². The van der Waals surface area contributed by atoms with Crippen LogP contribution in [0.1, 0.15) is 0 Å². The van der Waals surface area contributed by atoms with Crippen molar-refractivity contribution in [2.75, 3.05) is 4.90 Å². The zero-order chi connectivity index (χ0) is 32.3. The highest BCUT2D eigenvalue weighted by Crippen LogP contribution is 2.45. The van der Waals surface area contributed by atoms with Gasteiger partial charge >= 0.3 is 0 Å². The summed E-state index contributed by atoms with van der Waals surface area (Å²) < 4.78 is 12.9. The van der Waals surface area contributed by atoms with Crippen molar-refractivity contribution in [1.82, 2.24) is 0 Å². The van der Waals surface area contributed by atoms with Gasteiger partial charge in [0.15, 0.2) is 0 Å². The van der Waals surface area contributed by atoms with Gasteiger partial charge in [0, 0.05) is 44.2 Å². The molecule has 10 rings (SSSR count). The topological polar surface area (TPSA) is 29.5 Å². The summed E-state index contributed by atoms with van der Waals surface area (Å²) in [6, 6.07) is 62.0. The second-order valence-electron chi connectivity index (χ2n) is 12.5. The number of hydrogen-bond donors (Lipinski definition) is 0. The zero-order valence-corrected chi connectivity index (χ0v) is 26.5. The average Bonchev–Trinajstić information content (AvgIpc) is 3.74. The van der Waals surface area contributed by atoms with E-state index in [9.17, 15) is 0 Å². The third-order valence-corrected chi connectivity index (χ3v) is 9.64. The highest BCUT2D eigenvalue weighted by atomic mass is 16.3. The van der Waals surface area contributed by atoms with E-state index in [2.05, 4.69) is 169 Å². The van der Waals surface area contributed by atoms with Gasteiger partial charge in [0.05, 0.1) is 0 Å². The second kappa shape index (κ2) is 11.0. The number of fused-ring (bicyclic) bond motifs is 8. The fraction of sp³-hybridized carbons (Fsp3) is 0. The highest BCUT2D eigenvalue weighted by Gasteiger charge is 2.20. The molecule has 0 N–H and O–H groups in total. The molecule has 0 aliphatic rings. The largest absolute Gasteiger partial charge is 0.456 e. The van der Waals surface area contributed by atoms with Gasteiger partial charge in [0.1, 0.15) is 22.3 Å². The van der Waals surface area contributed by atoms with Crippen LogP contribution in [0, 0.1) is 0 Å². The van der Waals surface area contributed by atoms with E-state index in [-0.39, 0.29) is 0 Å². The quantitative estimate of drug-likeness (QED) is 0.190. The van der Waals surface area contributed by atoms with E-state index in [0.29, 0.717) is 0 Å². The minimum Gasteiger partial charge on any atom is -0.456 e. The van der Waals surface area contributed by atoms with Gasteiger partial charge in [0.2, 0.25) is 0 Å². The Morgan fingerprint density at radius 2 is 0.898 bits per heavy atom. The maximum atomic E-state index is 6.72. The van der Waals surface area contributed by atoms with Gasteiger partial charge < -0.3 is 13.7 Å². The van der Waals surface area contributed by atoms with Crippen molar-refractivity contribution in [1.29, 1.82) is 0 Å². The fourth-order valence-corrected chi connectivity index (χ4v) is 7.32. The Morgan fingerprint density at radius 1 is 0.347 bits per heavy atom. The summed E-state index contributed by atoms with van der Waals surface area (Å²) in [4.78, 5) is 2.33. The summed E-state index contributed by atoms with van der Waals surface area (Å²) in [6.07, 6.45) is 0. The molecule has 0 radical (unpaired) electrons. The SMILES string of the molecule is c1ccc(-c2ccc(N(c3ccc4oc5ccccc5c4c3)c3ccc4oc5c(-c6ccccc6)cc6ccccc6c5c4c3)cc2)cc1. The summed E-state index contributed by atoms with van der Waals surface area (Å²) in [7, 11) is 0. The first-order chi connectivity index (χ1) is 24.3. The molecule has 230 valence electrons. The van der Waals surface area contributed by atoms with E-state index in [4.69, 9.17) is 8.83 Å². The summed E-state index contributed by atoms with van der Waals surface area (Å²) >= 11 is 0. The maximum Gasteiger partial charge on any atom is 0.143 e. The molecule has 0 saturated carbocycles. The van der Waals surface area contributed by atoms with Crippen molar-refractivity contribution in [3.63, 3.8) is 0 Å². The molecule has 49 heavy (non-hydrogen) atoms. The monoisotopic (exact) mass is 627 g/mol. The van der Waals surface area contributed by atoms with Crippen LogP contribution in [0.25, 0.3) is 76.9 Å². The number of hydrogen-bond acceptors (Lipinski definition) is 3. The lowest BCUT2D eigenvalue weighted by Gasteiger charge is -2.26. The van der Waals surface area contributed by atoms with Crippen LogP contribution >= 0.6 is 0 Å². The zero-order valence-electron chi connectivity index (χ0n) is 26.5. The third-order valence-electron chi connectivity index (χ3n) is 9.64. The molecule has 3 nitrogen and oxygen atoms in total. The average molecular weight is 628 g/mol. The second-order valence-corrected chi connectivity index (χ2v) is 12.5. The molecular formula is C46H29NO2. The number of nitrogens with zero attached hydrogens (tertiary/aromatic N) is 1. The van der Waals surface area contributed by atoms with Crippen molar-refractivity contribution in [3.8, 4) is 22.3 Å². The maximum absolute atomic E-state index is 6.72. The van der Waals surface area contributed by atoms with Gasteiger partial charge in [-0.15, -0.1) is 0 Å². The van der Waals surface area contributed by atoms with Crippen LogP contribution in [0.5, 0.6) is 0 Å². The third kappa shape index (κ3) is 4.51. The predicted molar refractivity (Wildman–Crippen MR) is 204 cm³/mol. The fourth-order valence-electron chi connectivity index (χ4n) is 7.32. The van der Waals surface area contributed by atoms with Crippen LogP contribution in [0.3, 0.4) is 0 Å². The van der Waals surface area contributed by atoms with Gasteiger partial charge in [-0.3, -0.25) is 0 Å². The molecule has 0 bridgehead atoms. The minimum atomic E-state index is 0.864. The lowest BCUT2D eigenvalue weighted by atomic mass is 9.96. The molecule has 0 unspecified atom stereocenters. The molecule has 0 amide bonds. The van der Waals surface area contributed by atoms with Crippen LogP contribution in [-0.2, 0) is 0 Å². The molecule has 3 heteroatoms. The molecule has 0 spiro atoms. The number of para-hydroxylation sites is 1. The normalized spacial score (nSPS) is 11.7. The molecule has 0 aliphatic heterocycles. The molecular weight excluding hydrogens is 599 g/mol. The van der Waals surface area contributed by atoms with E-state index < -0.39 is 0 Å². The standard InChI is InChI=1S/C46H29NO2/c1-3-11-30(12-4-1)31-19-21-34(22-20-31)47(35-23-25-43-40(28-35)38-17-9-10-18-42(38)48-43)36-24-26-44-41(29-36)45-37-16-8-7-15-33(37)27-39(46(45)49-44)32-13-5-2-6-14-32/h1-29H. The first-order valence-corrected chi connectivity index (χ1v) is 16.6. The number of rotatable bonds is 5. The van der Waals surface area contributed by atoms with Gasteiger partial charge in [-0.25, -0.2) is 0 Å². The smallest absolute Gasteiger partial charge is 0.143 e. The van der Waals surface area contributed by atoms with E-state index in [0.717, 1.165) is 72.1 Å². The van der Waals surface area contributed by atoms with Crippen LogP contribution in [0.2, 0.25) is 0 Å². The Balaban J connectivity index is 1.21. The minimum absolute atomic E-state index is 0.864. The molecule has 0 aliphatic carbocycles. The number of furan rings is 2. The Morgan fingerprint density at radius 3 is 1.65 bits per heavy atom. The molecule has 10 aromatic rings. The van der Waals surface area contributed by atoms with Crippen LogP contribution in [0.4, 0.5) is 17.1 Å². The molecule has 2 aromatic heterocycles. The Bertz CT molecular complexity index is 2810. The number of benzene rings is 8. The van der Waals surface area contributed by atoms with E-state index in [1.807, 2.05) is 12.1 Å². The van der Waals surface area contributed by atoms with Gasteiger partial charge in [-0.2, -0.15) is 0 Å². The van der Waals surface area contributed by atoms with Gasteiger partial charge in [0.25, 0.3) is 0 Å². The molecule has 0 fully saturated rings. The lowest BCUT2D eigenvalue weighted by Crippen LogP contribution is -2.09. The molecule has 8 aromatic carbocycles. The Hall–Kier alpha value is -6.58. The van der Waals surface area contributed by atoms with Crippen molar-refractivity contribution in [2.45, 2.75) is 0 Å². The van der Waals surface area contributed by atoms with Crippen LogP contribution in [0.15, 0.2) is 185 Å². The van der Waals surface area contributed by atoms with Crippen molar-refractivity contribution in [3.05, 3.63) is 176 Å². The molecule has 2 heterocycles. The first-order valence-electron chi connectivity index (χ1n) is 16.6. The van der Waals surface area contributed by atoms with Crippen molar-refractivity contribution >= 4 is 71.7 Å². The lowest BCUT2D eigenvalue weighted by molar-refractivity contribution is 0.669. The summed E-state index contributed by atoms with van der Waals surface area (Å²) in [5.41, 5.74) is 11.3.